The molecule has 116 valence electrons. The lowest BCUT2D eigenvalue weighted by atomic mass is 9.84. The fourth-order valence-electron chi connectivity index (χ4n) is 3.71. The van der Waals surface area contributed by atoms with Crippen molar-refractivity contribution in [2.45, 2.75) is 37.4 Å². The van der Waals surface area contributed by atoms with Gasteiger partial charge in [-0.25, -0.2) is 4.68 Å². The molecule has 22 heavy (non-hydrogen) atoms. The van der Waals surface area contributed by atoms with Crippen molar-refractivity contribution in [1.82, 2.24) is 14.8 Å². The van der Waals surface area contributed by atoms with E-state index in [1.165, 1.54) is 10.6 Å². The Hall–Kier alpha value is -1.30. The molecule has 4 nitrogen and oxygen atoms in total. The summed E-state index contributed by atoms with van der Waals surface area (Å²) in [7, 11) is 2.05. The van der Waals surface area contributed by atoms with Gasteiger partial charge in [0.2, 0.25) is 0 Å². The molecule has 0 bridgehead atoms. The lowest BCUT2D eigenvalue weighted by Gasteiger charge is -2.31. The number of benzene rings is 1. The van der Waals surface area contributed by atoms with Gasteiger partial charge in [-0.05, 0) is 32.9 Å². The number of aromatic nitrogens is 2. The van der Waals surface area contributed by atoms with Crippen molar-refractivity contribution in [3.63, 3.8) is 0 Å². The molecule has 0 unspecified atom stereocenters. The van der Waals surface area contributed by atoms with Gasteiger partial charge in [0.1, 0.15) is 5.03 Å². The number of thioether (sulfide) groups is 1. The zero-order valence-corrected chi connectivity index (χ0v) is 14.2. The molecule has 2 atom stereocenters. The summed E-state index contributed by atoms with van der Waals surface area (Å²) in [6.07, 6.45) is 0. The van der Waals surface area contributed by atoms with Crippen molar-refractivity contribution in [2.75, 3.05) is 12.8 Å². The predicted molar refractivity (Wildman–Crippen MR) is 88.2 cm³/mol. The molecule has 1 saturated heterocycles. The summed E-state index contributed by atoms with van der Waals surface area (Å²) in [5.74, 6) is 1.55. The van der Waals surface area contributed by atoms with E-state index >= 15 is 0 Å². The maximum Gasteiger partial charge on any atom is 0.105 e. The van der Waals surface area contributed by atoms with Crippen molar-refractivity contribution in [3.05, 3.63) is 41.6 Å². The van der Waals surface area contributed by atoms with Crippen molar-refractivity contribution in [2.24, 2.45) is 5.92 Å². The van der Waals surface area contributed by atoms with E-state index in [1.807, 2.05) is 29.9 Å². The van der Waals surface area contributed by atoms with Crippen molar-refractivity contribution >= 4 is 11.8 Å². The van der Waals surface area contributed by atoms with Gasteiger partial charge >= 0.3 is 0 Å². The molecule has 0 saturated carbocycles. The van der Waals surface area contributed by atoms with Gasteiger partial charge in [0.15, 0.2) is 0 Å². The van der Waals surface area contributed by atoms with Crippen LogP contribution in [-0.4, -0.2) is 33.2 Å². The molecule has 2 aromatic rings. The Bertz CT molecular complexity index is 710. The van der Waals surface area contributed by atoms with Gasteiger partial charge in [-0.3, -0.25) is 4.84 Å². The van der Waals surface area contributed by atoms with E-state index in [9.17, 15) is 0 Å². The van der Waals surface area contributed by atoms with Crippen LogP contribution in [0, 0.1) is 12.8 Å². The fraction of sp³-hybridized carbons (Fsp3) is 0.471. The molecule has 4 rings (SSSR count). The predicted octanol–water partition coefficient (Wildman–Crippen LogP) is 3.60. The first-order chi connectivity index (χ1) is 10.5. The topological polar surface area (TPSA) is 30.3 Å². The third kappa shape index (κ3) is 1.96. The Balaban J connectivity index is 1.85. The van der Waals surface area contributed by atoms with E-state index in [0.717, 1.165) is 17.1 Å². The van der Waals surface area contributed by atoms with Gasteiger partial charge in [0.25, 0.3) is 0 Å². The van der Waals surface area contributed by atoms with Crippen LogP contribution >= 0.6 is 11.8 Å². The first-order valence-electron chi connectivity index (χ1n) is 7.69. The van der Waals surface area contributed by atoms with Gasteiger partial charge in [0.05, 0.1) is 23.0 Å². The lowest BCUT2D eigenvalue weighted by molar-refractivity contribution is -0.179. The second kappa shape index (κ2) is 4.85. The quantitative estimate of drug-likeness (QED) is 0.804. The lowest BCUT2D eigenvalue weighted by Crippen LogP contribution is -2.33. The van der Waals surface area contributed by atoms with E-state index in [2.05, 4.69) is 49.7 Å². The molecule has 3 heterocycles. The van der Waals surface area contributed by atoms with Crippen LogP contribution in [0.4, 0.5) is 0 Å². The highest BCUT2D eigenvalue weighted by Gasteiger charge is 2.52. The molecule has 2 aliphatic heterocycles. The van der Waals surface area contributed by atoms with Crippen LogP contribution < -0.4 is 0 Å². The summed E-state index contributed by atoms with van der Waals surface area (Å²) in [5, 5.41) is 8.12. The summed E-state index contributed by atoms with van der Waals surface area (Å²) < 4.78 is 2.09. The maximum absolute atomic E-state index is 6.11. The van der Waals surface area contributed by atoms with E-state index in [4.69, 9.17) is 9.94 Å². The van der Waals surface area contributed by atoms with E-state index in [0.29, 0.717) is 12.0 Å². The normalized spacial score (nSPS) is 26.7. The average Bonchev–Trinajstić information content (AvgIpc) is 2.95. The third-order valence-corrected chi connectivity index (χ3v) is 6.00. The monoisotopic (exact) mass is 315 g/mol. The summed E-state index contributed by atoms with van der Waals surface area (Å²) in [6.45, 7) is 6.49. The second-order valence-corrected chi connectivity index (χ2v) is 7.66. The minimum atomic E-state index is -0.120. The van der Waals surface area contributed by atoms with Gasteiger partial charge in [0, 0.05) is 24.3 Å². The average molecular weight is 315 g/mol. The molecule has 0 radical (unpaired) electrons. The first kappa shape index (κ1) is 14.3. The van der Waals surface area contributed by atoms with Crippen LogP contribution in [0.3, 0.4) is 0 Å². The second-order valence-electron chi connectivity index (χ2n) is 6.65. The van der Waals surface area contributed by atoms with Crippen LogP contribution in [0.2, 0.25) is 0 Å². The molecule has 1 aromatic heterocycles. The van der Waals surface area contributed by atoms with Gasteiger partial charge in [-0.15, -0.1) is 11.8 Å². The molecule has 0 aliphatic carbocycles. The minimum Gasteiger partial charge on any atom is -0.292 e. The van der Waals surface area contributed by atoms with Crippen molar-refractivity contribution in [1.29, 1.82) is 0 Å². The van der Waals surface area contributed by atoms with Crippen LogP contribution in [-0.2, 0) is 4.84 Å². The molecule has 5 heteroatoms. The number of aryl methyl sites for hydroxylation is 1. The zero-order valence-electron chi connectivity index (χ0n) is 13.4. The number of rotatable bonds is 1. The maximum atomic E-state index is 6.11. The summed E-state index contributed by atoms with van der Waals surface area (Å²) in [5.41, 5.74) is 3.44. The molecule has 1 fully saturated rings. The molecule has 0 N–H and O–H groups in total. The zero-order chi connectivity index (χ0) is 15.5. The molecule has 2 aliphatic rings. The number of fused-ring (bicyclic) bond motifs is 3. The molecule has 0 spiro atoms. The van der Waals surface area contributed by atoms with Crippen LogP contribution in [0.25, 0.3) is 5.69 Å². The van der Waals surface area contributed by atoms with E-state index in [-0.39, 0.29) is 5.60 Å². The number of hydrogen-bond acceptors (Lipinski definition) is 4. The summed E-state index contributed by atoms with van der Waals surface area (Å²) in [6, 6.07) is 10.7. The smallest absolute Gasteiger partial charge is 0.105 e. The molecular weight excluding hydrogens is 294 g/mol. The standard InChI is InChI=1S/C17H21N3OS/c1-11-14-15-13(17(2,3)21-19(15)4)10-22-16(14)20(18-11)12-8-6-5-7-9-12/h5-9,13,15H,10H2,1-4H3/t13-,15-/m0/s1. The molecule has 0 amide bonds. The first-order valence-corrected chi connectivity index (χ1v) is 8.67. The largest absolute Gasteiger partial charge is 0.292 e. The molecule has 1 aromatic carbocycles. The number of hydroxylamine groups is 2. The van der Waals surface area contributed by atoms with E-state index in [1.54, 1.807) is 0 Å². The number of nitrogens with zero attached hydrogens (tertiary/aromatic N) is 3. The van der Waals surface area contributed by atoms with Gasteiger partial charge in [-0.1, -0.05) is 18.2 Å². The molecular formula is C17H21N3OS. The highest BCUT2D eigenvalue weighted by Crippen LogP contribution is 2.53. The van der Waals surface area contributed by atoms with Crippen LogP contribution in [0.5, 0.6) is 0 Å². The Morgan fingerprint density at radius 1 is 1.27 bits per heavy atom. The SMILES string of the molecule is Cc1nn(-c2ccccc2)c2c1[C@@H]1[C@H](CS2)C(C)(C)ON1C. The van der Waals surface area contributed by atoms with Crippen LogP contribution in [0.1, 0.15) is 31.1 Å². The number of hydrogen-bond donors (Lipinski definition) is 0. The van der Waals surface area contributed by atoms with Crippen molar-refractivity contribution < 1.29 is 4.84 Å². The Kier molecular flexibility index (Phi) is 3.15. The minimum absolute atomic E-state index is 0.120. The fourth-order valence-corrected chi connectivity index (χ4v) is 5.33. The van der Waals surface area contributed by atoms with Gasteiger partial charge in [-0.2, -0.15) is 10.2 Å². The van der Waals surface area contributed by atoms with Crippen LogP contribution in [0.15, 0.2) is 35.4 Å². The highest BCUT2D eigenvalue weighted by molar-refractivity contribution is 7.99. The van der Waals surface area contributed by atoms with E-state index < -0.39 is 0 Å². The Morgan fingerprint density at radius 3 is 2.73 bits per heavy atom. The summed E-state index contributed by atoms with van der Waals surface area (Å²) >= 11 is 1.91. The third-order valence-electron chi connectivity index (χ3n) is 4.80. The Labute approximate surface area is 135 Å². The van der Waals surface area contributed by atoms with Gasteiger partial charge < -0.3 is 0 Å². The highest BCUT2D eigenvalue weighted by atomic mass is 32.2. The number of para-hydroxylation sites is 1. The summed E-state index contributed by atoms with van der Waals surface area (Å²) in [4.78, 5) is 6.11. The van der Waals surface area contributed by atoms with Crippen molar-refractivity contribution in [3.8, 4) is 5.69 Å². The Morgan fingerprint density at radius 2 is 2.00 bits per heavy atom.